The molecular formula is C16H27N3O3. The SMILES string of the molecule is CCCCCCCC(=O)N(CC(=O)Nc1ccon1)C(C)C. The molecule has 1 rings (SSSR count). The highest BCUT2D eigenvalue weighted by atomic mass is 16.5. The minimum absolute atomic E-state index is 0.00815. The first-order valence-electron chi connectivity index (χ1n) is 8.04. The zero-order chi connectivity index (χ0) is 16.4. The molecule has 0 bridgehead atoms. The molecule has 6 nitrogen and oxygen atoms in total. The maximum absolute atomic E-state index is 12.3. The van der Waals surface area contributed by atoms with Gasteiger partial charge in [0.15, 0.2) is 5.82 Å². The maximum Gasteiger partial charge on any atom is 0.245 e. The molecule has 0 fully saturated rings. The molecule has 124 valence electrons. The number of anilines is 1. The van der Waals surface area contributed by atoms with Crippen molar-refractivity contribution in [2.75, 3.05) is 11.9 Å². The molecule has 1 aromatic rings. The summed E-state index contributed by atoms with van der Waals surface area (Å²) in [6, 6.07) is 1.55. The Bertz CT molecular complexity index is 443. The molecular weight excluding hydrogens is 282 g/mol. The molecule has 0 radical (unpaired) electrons. The minimum Gasteiger partial charge on any atom is -0.363 e. The van der Waals surface area contributed by atoms with Gasteiger partial charge in [-0.05, 0) is 20.3 Å². The number of nitrogens with one attached hydrogen (secondary N) is 1. The second-order valence-corrected chi connectivity index (χ2v) is 5.71. The number of nitrogens with zero attached hydrogens (tertiary/aromatic N) is 2. The van der Waals surface area contributed by atoms with E-state index < -0.39 is 0 Å². The largest absolute Gasteiger partial charge is 0.363 e. The number of carbonyl (C=O) groups excluding carboxylic acids is 2. The molecule has 22 heavy (non-hydrogen) atoms. The molecule has 2 amide bonds. The van der Waals surface area contributed by atoms with Crippen LogP contribution in [-0.2, 0) is 9.59 Å². The van der Waals surface area contributed by atoms with Gasteiger partial charge in [-0.1, -0.05) is 37.8 Å². The van der Waals surface area contributed by atoms with Crippen LogP contribution in [0, 0.1) is 0 Å². The first kappa shape index (κ1) is 18.2. The molecule has 0 saturated carbocycles. The molecule has 0 aliphatic heterocycles. The summed E-state index contributed by atoms with van der Waals surface area (Å²) in [5, 5.41) is 6.23. The van der Waals surface area contributed by atoms with Crippen LogP contribution in [-0.4, -0.2) is 34.5 Å². The van der Waals surface area contributed by atoms with Gasteiger partial charge in [0, 0.05) is 18.5 Å². The average Bonchev–Trinajstić information content (AvgIpc) is 2.96. The van der Waals surface area contributed by atoms with Crippen molar-refractivity contribution in [2.45, 2.75) is 65.3 Å². The number of carbonyl (C=O) groups is 2. The zero-order valence-corrected chi connectivity index (χ0v) is 13.8. The highest BCUT2D eigenvalue weighted by Crippen LogP contribution is 2.10. The van der Waals surface area contributed by atoms with Crippen LogP contribution in [0.2, 0.25) is 0 Å². The Balaban J connectivity index is 2.39. The molecule has 0 spiro atoms. The minimum atomic E-state index is -0.262. The number of hydrogen-bond acceptors (Lipinski definition) is 4. The van der Waals surface area contributed by atoms with Crippen molar-refractivity contribution in [3.63, 3.8) is 0 Å². The zero-order valence-electron chi connectivity index (χ0n) is 13.8. The van der Waals surface area contributed by atoms with Gasteiger partial charge in [-0.15, -0.1) is 0 Å². The summed E-state index contributed by atoms with van der Waals surface area (Å²) in [6.45, 7) is 6.04. The van der Waals surface area contributed by atoms with E-state index >= 15 is 0 Å². The van der Waals surface area contributed by atoms with Crippen molar-refractivity contribution in [3.8, 4) is 0 Å². The number of rotatable bonds is 10. The number of unbranched alkanes of at least 4 members (excludes halogenated alkanes) is 4. The predicted molar refractivity (Wildman–Crippen MR) is 85.4 cm³/mol. The highest BCUT2D eigenvalue weighted by Gasteiger charge is 2.20. The molecule has 1 N–H and O–H groups in total. The molecule has 0 aromatic carbocycles. The molecule has 0 unspecified atom stereocenters. The fourth-order valence-electron chi connectivity index (χ4n) is 2.20. The third-order valence-corrected chi connectivity index (χ3v) is 3.46. The van der Waals surface area contributed by atoms with Crippen LogP contribution >= 0.6 is 0 Å². The lowest BCUT2D eigenvalue weighted by atomic mass is 10.1. The van der Waals surface area contributed by atoms with Gasteiger partial charge in [0.25, 0.3) is 0 Å². The lowest BCUT2D eigenvalue weighted by Crippen LogP contribution is -2.42. The van der Waals surface area contributed by atoms with Crippen LogP contribution in [0.1, 0.15) is 59.3 Å². The van der Waals surface area contributed by atoms with Gasteiger partial charge in [0.05, 0.1) is 0 Å². The summed E-state index contributed by atoms with van der Waals surface area (Å²) in [4.78, 5) is 25.8. The standard InChI is InChI=1S/C16H27N3O3/c1-4-5-6-7-8-9-16(21)19(13(2)3)12-15(20)17-14-10-11-22-18-14/h10-11,13H,4-9,12H2,1-3H3,(H,17,18,20). The maximum atomic E-state index is 12.3. The van der Waals surface area contributed by atoms with E-state index in [1.54, 1.807) is 11.0 Å². The Hall–Kier alpha value is -1.85. The van der Waals surface area contributed by atoms with Crippen molar-refractivity contribution in [1.82, 2.24) is 10.1 Å². The smallest absolute Gasteiger partial charge is 0.245 e. The van der Waals surface area contributed by atoms with Crippen molar-refractivity contribution < 1.29 is 14.1 Å². The van der Waals surface area contributed by atoms with Crippen molar-refractivity contribution in [3.05, 3.63) is 12.3 Å². The van der Waals surface area contributed by atoms with E-state index in [9.17, 15) is 9.59 Å². The topological polar surface area (TPSA) is 75.4 Å². The Morgan fingerprint density at radius 2 is 2.00 bits per heavy atom. The Kier molecular flexibility index (Phi) is 8.25. The molecule has 0 aliphatic carbocycles. The molecule has 1 heterocycles. The van der Waals surface area contributed by atoms with E-state index in [4.69, 9.17) is 0 Å². The molecule has 6 heteroatoms. The normalized spacial score (nSPS) is 10.7. The van der Waals surface area contributed by atoms with Gasteiger partial charge in [-0.3, -0.25) is 9.59 Å². The van der Waals surface area contributed by atoms with E-state index in [2.05, 4.69) is 21.9 Å². The van der Waals surface area contributed by atoms with Crippen LogP contribution < -0.4 is 5.32 Å². The number of aromatic nitrogens is 1. The van der Waals surface area contributed by atoms with Crippen molar-refractivity contribution >= 4 is 17.6 Å². The van der Waals surface area contributed by atoms with Gasteiger partial charge < -0.3 is 14.7 Å². The Labute approximate surface area is 132 Å². The van der Waals surface area contributed by atoms with E-state index in [1.165, 1.54) is 19.1 Å². The highest BCUT2D eigenvalue weighted by molar-refractivity contribution is 5.93. The van der Waals surface area contributed by atoms with Gasteiger partial charge in [0.1, 0.15) is 12.8 Å². The summed E-state index contributed by atoms with van der Waals surface area (Å²) in [7, 11) is 0. The third kappa shape index (κ3) is 6.74. The van der Waals surface area contributed by atoms with Crippen LogP contribution in [0.25, 0.3) is 0 Å². The molecule has 0 aliphatic rings. The monoisotopic (exact) mass is 309 g/mol. The van der Waals surface area contributed by atoms with Gasteiger partial charge in [0.2, 0.25) is 11.8 Å². The molecule has 1 aromatic heterocycles. The van der Waals surface area contributed by atoms with E-state index in [0.29, 0.717) is 12.2 Å². The number of hydrogen-bond donors (Lipinski definition) is 1. The van der Waals surface area contributed by atoms with E-state index in [0.717, 1.165) is 19.3 Å². The lowest BCUT2D eigenvalue weighted by molar-refractivity contribution is -0.136. The second-order valence-electron chi connectivity index (χ2n) is 5.71. The Morgan fingerprint density at radius 3 is 2.59 bits per heavy atom. The van der Waals surface area contributed by atoms with Crippen LogP contribution in [0.15, 0.2) is 16.9 Å². The van der Waals surface area contributed by atoms with Gasteiger partial charge >= 0.3 is 0 Å². The van der Waals surface area contributed by atoms with Crippen LogP contribution in [0.3, 0.4) is 0 Å². The quantitative estimate of drug-likeness (QED) is 0.673. The fourth-order valence-corrected chi connectivity index (χ4v) is 2.20. The first-order chi connectivity index (χ1) is 10.5. The lowest BCUT2D eigenvalue weighted by Gasteiger charge is -2.26. The van der Waals surface area contributed by atoms with E-state index in [1.807, 2.05) is 13.8 Å². The summed E-state index contributed by atoms with van der Waals surface area (Å²) < 4.78 is 4.66. The van der Waals surface area contributed by atoms with Gasteiger partial charge in [-0.25, -0.2) is 0 Å². The first-order valence-corrected chi connectivity index (χ1v) is 8.04. The summed E-state index contributed by atoms with van der Waals surface area (Å²) in [5.74, 6) is 0.129. The fraction of sp³-hybridized carbons (Fsp3) is 0.688. The number of amides is 2. The predicted octanol–water partition coefficient (Wildman–Crippen LogP) is 3.21. The van der Waals surface area contributed by atoms with Gasteiger partial charge in [-0.2, -0.15) is 0 Å². The summed E-state index contributed by atoms with van der Waals surface area (Å²) in [5.41, 5.74) is 0. The van der Waals surface area contributed by atoms with Crippen LogP contribution in [0.5, 0.6) is 0 Å². The summed E-state index contributed by atoms with van der Waals surface area (Å²) >= 11 is 0. The third-order valence-electron chi connectivity index (χ3n) is 3.46. The van der Waals surface area contributed by atoms with Crippen molar-refractivity contribution in [1.29, 1.82) is 0 Å². The molecule has 0 saturated heterocycles. The average molecular weight is 309 g/mol. The summed E-state index contributed by atoms with van der Waals surface area (Å²) in [6.07, 6.45) is 7.40. The second kappa shape index (κ2) is 9.97. The van der Waals surface area contributed by atoms with E-state index in [-0.39, 0.29) is 24.4 Å². The van der Waals surface area contributed by atoms with Crippen LogP contribution in [0.4, 0.5) is 5.82 Å². The Morgan fingerprint density at radius 1 is 1.27 bits per heavy atom. The molecule has 0 atom stereocenters. The van der Waals surface area contributed by atoms with Crippen molar-refractivity contribution in [2.24, 2.45) is 0 Å².